The zero-order valence-electron chi connectivity index (χ0n) is 24.1. The van der Waals surface area contributed by atoms with Gasteiger partial charge >= 0.3 is 0 Å². The second-order valence-corrected chi connectivity index (χ2v) is 10.5. The average molecular weight is 589 g/mol. The Bertz CT molecular complexity index is 1170. The third-order valence-electron chi connectivity index (χ3n) is 7.18. The number of hydrogen-bond donors (Lipinski definition) is 7. The van der Waals surface area contributed by atoms with Crippen molar-refractivity contribution in [2.24, 2.45) is 0 Å². The summed E-state index contributed by atoms with van der Waals surface area (Å²) in [7, 11) is 0. The fraction of sp³-hybridized carbons (Fsp3) is 0.621. The third-order valence-corrected chi connectivity index (χ3v) is 7.18. The molecule has 2 aromatic rings. The number of ether oxygens (including phenoxy) is 1. The number of allylic oxidation sites excluding steroid dienone is 4. The lowest BCUT2D eigenvalue weighted by Gasteiger charge is -2.44. The molecule has 0 radical (unpaired) electrons. The highest BCUT2D eigenvalue weighted by atomic mass is 16.5. The van der Waals surface area contributed by atoms with E-state index in [9.17, 15) is 30.0 Å². The quantitative estimate of drug-likeness (QED) is 0.0758. The Morgan fingerprint density at radius 3 is 2.57 bits per heavy atom. The molecular formula is C29H44N6O7. The molecule has 42 heavy (non-hydrogen) atoms. The molecule has 1 aliphatic heterocycles. The maximum absolute atomic E-state index is 12.6. The number of fused-ring (bicyclic) bond motifs is 1. The maximum atomic E-state index is 12.6. The number of aromatic amines is 1. The monoisotopic (exact) mass is 588 g/mol. The van der Waals surface area contributed by atoms with Gasteiger partial charge < -0.3 is 40.8 Å². The zero-order valence-corrected chi connectivity index (χ0v) is 24.1. The molecule has 13 nitrogen and oxygen atoms in total. The van der Waals surface area contributed by atoms with E-state index in [0.29, 0.717) is 11.2 Å². The molecule has 0 saturated carbocycles. The first kappa shape index (κ1) is 33.3. The summed E-state index contributed by atoms with van der Waals surface area (Å²) in [6, 6.07) is -1.26. The molecule has 7 N–H and O–H groups in total. The van der Waals surface area contributed by atoms with Crippen molar-refractivity contribution in [1.29, 1.82) is 0 Å². The van der Waals surface area contributed by atoms with Crippen molar-refractivity contribution in [2.75, 3.05) is 11.9 Å². The number of rotatable bonds is 18. The summed E-state index contributed by atoms with van der Waals surface area (Å²) < 4.78 is 5.79. The van der Waals surface area contributed by atoms with Gasteiger partial charge in [0, 0.05) is 12.8 Å². The van der Waals surface area contributed by atoms with Crippen LogP contribution in [0, 0.1) is 0 Å². The van der Waals surface area contributed by atoms with Gasteiger partial charge in [-0.3, -0.25) is 9.59 Å². The van der Waals surface area contributed by atoms with Gasteiger partial charge in [0.15, 0.2) is 23.5 Å². The Kier molecular flexibility index (Phi) is 14.0. The normalized spacial score (nSPS) is 23.5. The van der Waals surface area contributed by atoms with Crippen LogP contribution in [0.15, 0.2) is 37.0 Å². The molecule has 3 heterocycles. The highest BCUT2D eigenvalue weighted by molar-refractivity contribution is 5.92. The predicted octanol–water partition coefficient (Wildman–Crippen LogP) is 1.65. The van der Waals surface area contributed by atoms with Crippen LogP contribution < -0.4 is 10.6 Å². The lowest BCUT2D eigenvalue weighted by molar-refractivity contribution is -0.204. The number of carbonyl (C=O) groups is 2. The number of nitrogens with one attached hydrogen (secondary N) is 3. The molecule has 1 amide bonds. The Morgan fingerprint density at radius 2 is 1.81 bits per heavy atom. The van der Waals surface area contributed by atoms with Crippen molar-refractivity contribution >= 4 is 28.7 Å². The van der Waals surface area contributed by atoms with E-state index >= 15 is 0 Å². The lowest BCUT2D eigenvalue weighted by Crippen LogP contribution is -2.67. The average Bonchev–Trinajstić information content (AvgIpc) is 3.48. The number of H-pyrrole nitrogens is 1. The van der Waals surface area contributed by atoms with Crippen molar-refractivity contribution < 1.29 is 34.8 Å². The fourth-order valence-corrected chi connectivity index (χ4v) is 4.79. The van der Waals surface area contributed by atoms with Gasteiger partial charge in [-0.15, -0.1) is 0 Å². The van der Waals surface area contributed by atoms with E-state index in [0.717, 1.165) is 12.8 Å². The number of aliphatic hydroxyl groups is 4. The third kappa shape index (κ3) is 9.95. The molecule has 0 spiro atoms. The lowest BCUT2D eigenvalue weighted by atomic mass is 9.92. The first-order valence-electron chi connectivity index (χ1n) is 14.7. The topological polar surface area (TPSA) is 203 Å². The number of imidazole rings is 1. The minimum atomic E-state index is -1.58. The number of anilines is 1. The van der Waals surface area contributed by atoms with Crippen molar-refractivity contribution in [3.05, 3.63) is 37.0 Å². The molecule has 13 heteroatoms. The summed E-state index contributed by atoms with van der Waals surface area (Å²) in [6.07, 6.45) is 11.8. The number of carbonyl (C=O) groups excluding carboxylic acids is 2. The van der Waals surface area contributed by atoms with Crippen LogP contribution in [0.1, 0.15) is 71.1 Å². The van der Waals surface area contributed by atoms with Crippen LogP contribution in [0.4, 0.5) is 5.82 Å². The number of ketones is 1. The molecule has 6 atom stereocenters. The smallest absolute Gasteiger partial charge is 0.220 e. The molecule has 0 aliphatic carbocycles. The number of nitrogens with zero attached hydrogens (tertiary/aromatic N) is 3. The van der Waals surface area contributed by atoms with Crippen LogP contribution in [-0.4, -0.2) is 95.3 Å². The van der Waals surface area contributed by atoms with Crippen molar-refractivity contribution in [3.63, 3.8) is 0 Å². The fourth-order valence-electron chi connectivity index (χ4n) is 4.79. The minimum absolute atomic E-state index is 0.0640. The van der Waals surface area contributed by atoms with Crippen LogP contribution in [0.5, 0.6) is 0 Å². The maximum Gasteiger partial charge on any atom is 0.220 e. The number of aromatic nitrogens is 4. The van der Waals surface area contributed by atoms with Gasteiger partial charge in [-0.2, -0.15) is 0 Å². The van der Waals surface area contributed by atoms with E-state index in [2.05, 4.69) is 37.5 Å². The highest BCUT2D eigenvalue weighted by Crippen LogP contribution is 2.26. The van der Waals surface area contributed by atoms with E-state index < -0.39 is 49.2 Å². The van der Waals surface area contributed by atoms with Gasteiger partial charge in [0.2, 0.25) is 5.91 Å². The summed E-state index contributed by atoms with van der Waals surface area (Å²) in [5.74, 6) is -0.590. The molecule has 2 unspecified atom stereocenters. The molecular weight excluding hydrogens is 544 g/mol. The van der Waals surface area contributed by atoms with Gasteiger partial charge in [0.1, 0.15) is 36.3 Å². The summed E-state index contributed by atoms with van der Waals surface area (Å²) in [5.41, 5.74) is 0.791. The Balaban J connectivity index is 1.46. The number of amides is 1. The van der Waals surface area contributed by atoms with Gasteiger partial charge in [-0.25, -0.2) is 15.0 Å². The molecule has 1 fully saturated rings. The highest BCUT2D eigenvalue weighted by Gasteiger charge is 2.48. The molecule has 0 aromatic carbocycles. The second kappa shape index (κ2) is 17.7. The Labute approximate surface area is 245 Å². The van der Waals surface area contributed by atoms with E-state index in [1.807, 2.05) is 12.2 Å². The predicted molar refractivity (Wildman–Crippen MR) is 156 cm³/mol. The van der Waals surface area contributed by atoms with Crippen LogP contribution >= 0.6 is 0 Å². The van der Waals surface area contributed by atoms with Crippen LogP contribution in [0.25, 0.3) is 11.2 Å². The molecule has 0 bridgehead atoms. The zero-order chi connectivity index (χ0) is 30.3. The molecule has 1 saturated heterocycles. The van der Waals surface area contributed by atoms with Crippen LogP contribution in [-0.2, 0) is 14.3 Å². The number of unbranched alkanes of at least 4 members (excludes halogenated alkanes) is 7. The van der Waals surface area contributed by atoms with E-state index in [4.69, 9.17) is 4.74 Å². The van der Waals surface area contributed by atoms with Crippen molar-refractivity contribution in [3.8, 4) is 0 Å². The van der Waals surface area contributed by atoms with Gasteiger partial charge in [0.05, 0.1) is 19.0 Å². The van der Waals surface area contributed by atoms with Crippen molar-refractivity contribution in [2.45, 2.75) is 108 Å². The first-order chi connectivity index (χ1) is 20.3. The van der Waals surface area contributed by atoms with E-state index in [1.54, 1.807) is 6.08 Å². The second-order valence-electron chi connectivity index (χ2n) is 10.5. The molecule has 3 rings (SSSR count). The largest absolute Gasteiger partial charge is 0.394 e. The van der Waals surface area contributed by atoms with E-state index in [1.165, 1.54) is 57.3 Å². The van der Waals surface area contributed by atoms with Gasteiger partial charge in [-0.05, 0) is 18.9 Å². The summed E-state index contributed by atoms with van der Waals surface area (Å²) in [4.78, 5) is 39.8. The number of hydrogen-bond acceptors (Lipinski definition) is 11. The Hall–Kier alpha value is -3.23. The molecule has 1 aliphatic rings. The van der Waals surface area contributed by atoms with Gasteiger partial charge in [-0.1, -0.05) is 63.7 Å². The SMILES string of the molecule is CCCCCCCCC/C=C/C=C/C(=O)CCC(=O)NC1[C@H](C(O)CO)O[C@H](Nc2ncnc3nc[nH]c23)[C@H](O)[C@@H]1O. The van der Waals surface area contributed by atoms with Crippen LogP contribution in [0.2, 0.25) is 0 Å². The standard InChI is InChI=1S/C29H44N6O7/c1-2-3-4-5-6-7-8-9-10-11-12-13-19(37)14-15-21(39)34-22-24(40)25(41)29(42-26(22)20(38)16-36)35-28-23-27(31-17-30-23)32-18-33-28/h10-13,17-18,20,22,24-26,29,36,38,40-41H,2-9,14-16H2,1H3,(H,34,39)(H2,30,31,32,33,35)/b11-10+,13-12+/t20?,22?,24-,25-,26+,29+/m1/s1. The minimum Gasteiger partial charge on any atom is -0.394 e. The van der Waals surface area contributed by atoms with Crippen LogP contribution in [0.3, 0.4) is 0 Å². The van der Waals surface area contributed by atoms with E-state index in [-0.39, 0.29) is 24.4 Å². The number of aliphatic hydroxyl groups excluding tert-OH is 4. The Morgan fingerprint density at radius 1 is 1.05 bits per heavy atom. The first-order valence-corrected chi connectivity index (χ1v) is 14.7. The summed E-state index contributed by atoms with van der Waals surface area (Å²) >= 11 is 0. The molecule has 2 aromatic heterocycles. The summed E-state index contributed by atoms with van der Waals surface area (Å²) in [6.45, 7) is 1.49. The molecule has 232 valence electrons. The summed E-state index contributed by atoms with van der Waals surface area (Å²) in [5, 5.41) is 46.9. The van der Waals surface area contributed by atoms with Crippen molar-refractivity contribution in [1.82, 2.24) is 25.3 Å². The van der Waals surface area contributed by atoms with Gasteiger partial charge in [0.25, 0.3) is 0 Å².